The highest BCUT2D eigenvalue weighted by atomic mass is 32.1. The molecule has 0 aliphatic carbocycles. The number of thiazole rings is 1. The Hall–Kier alpha value is -4.07. The maximum absolute atomic E-state index is 13.5. The number of nitrogens with one attached hydrogen (secondary N) is 2. The van der Waals surface area contributed by atoms with Crippen LogP contribution in [0.5, 0.6) is 0 Å². The first-order valence-corrected chi connectivity index (χ1v) is 12.7. The van der Waals surface area contributed by atoms with Gasteiger partial charge in [0.2, 0.25) is 5.91 Å². The van der Waals surface area contributed by atoms with E-state index in [1.807, 2.05) is 0 Å². The summed E-state index contributed by atoms with van der Waals surface area (Å²) in [5.41, 5.74) is 4.57. The van der Waals surface area contributed by atoms with Crippen LogP contribution in [0.1, 0.15) is 42.0 Å². The summed E-state index contributed by atoms with van der Waals surface area (Å²) in [7, 11) is 0. The number of urea groups is 1. The fourth-order valence-corrected chi connectivity index (χ4v) is 5.10. The van der Waals surface area contributed by atoms with Crippen LogP contribution in [0.3, 0.4) is 0 Å². The smallest absolute Gasteiger partial charge is 0.368 e. The molecule has 4 N–H and O–H groups in total. The molecule has 1 aliphatic heterocycles. The number of amides is 4. The first-order valence-electron chi connectivity index (χ1n) is 11.9. The molecular formula is C25H26F3N7O3S. The number of carbonyl (C=O) groups is 3. The van der Waals surface area contributed by atoms with Crippen LogP contribution in [-0.2, 0) is 10.2 Å². The van der Waals surface area contributed by atoms with Gasteiger partial charge in [-0.1, -0.05) is 11.3 Å². The Morgan fingerprint density at radius 1 is 1.13 bits per heavy atom. The standard InChI is InChI=1S/C25H26F3N7O3S/c1-13-19(15-6-9-31-18(10-15)24(2,3)25(26,27)28)39-22(32-13)34-23(38)35-12-16(11-17(35)20(29)36)33-21(37)14-4-7-30-8-5-14/h4-10,16-17H,11-12H2,1-3H3,(H2,29,36)(H,33,37)(H,32,34,38)/t16-,17+/m1/s1. The molecular weight excluding hydrogens is 535 g/mol. The predicted molar refractivity (Wildman–Crippen MR) is 138 cm³/mol. The third kappa shape index (κ3) is 5.85. The molecule has 4 rings (SSSR count). The van der Waals surface area contributed by atoms with Gasteiger partial charge in [-0.15, -0.1) is 0 Å². The largest absolute Gasteiger partial charge is 0.399 e. The molecule has 1 aliphatic rings. The van der Waals surface area contributed by atoms with Crippen molar-refractivity contribution in [3.8, 4) is 10.4 Å². The highest BCUT2D eigenvalue weighted by molar-refractivity contribution is 7.19. The van der Waals surface area contributed by atoms with Crippen molar-refractivity contribution in [1.82, 2.24) is 25.2 Å². The number of pyridine rings is 2. The summed E-state index contributed by atoms with van der Waals surface area (Å²) in [6, 6.07) is 3.89. The summed E-state index contributed by atoms with van der Waals surface area (Å²) in [6.45, 7) is 3.82. The second kappa shape index (κ2) is 10.6. The van der Waals surface area contributed by atoms with Crippen LogP contribution in [-0.4, -0.2) is 62.5 Å². The van der Waals surface area contributed by atoms with E-state index in [0.29, 0.717) is 21.7 Å². The summed E-state index contributed by atoms with van der Waals surface area (Å²) in [6.07, 6.45) is -0.107. The molecule has 3 aromatic heterocycles. The van der Waals surface area contributed by atoms with E-state index in [4.69, 9.17) is 5.73 Å². The number of hydrogen-bond acceptors (Lipinski definition) is 7. The lowest BCUT2D eigenvalue weighted by molar-refractivity contribution is -0.181. The molecule has 0 unspecified atom stereocenters. The van der Waals surface area contributed by atoms with Gasteiger partial charge in [-0.05, 0) is 57.0 Å². The first-order chi connectivity index (χ1) is 18.3. The van der Waals surface area contributed by atoms with E-state index >= 15 is 0 Å². The van der Waals surface area contributed by atoms with Gasteiger partial charge in [0.1, 0.15) is 11.5 Å². The molecule has 14 heteroatoms. The fourth-order valence-electron chi connectivity index (χ4n) is 4.15. The summed E-state index contributed by atoms with van der Waals surface area (Å²) >= 11 is 1.07. The van der Waals surface area contributed by atoms with Gasteiger partial charge in [0.05, 0.1) is 16.3 Å². The molecule has 4 heterocycles. The lowest BCUT2D eigenvalue weighted by atomic mass is 9.87. The van der Waals surface area contributed by atoms with Crippen LogP contribution in [0, 0.1) is 6.92 Å². The Balaban J connectivity index is 1.49. The normalized spacial score (nSPS) is 17.6. The lowest BCUT2D eigenvalue weighted by Gasteiger charge is -2.27. The first kappa shape index (κ1) is 28.0. The van der Waals surface area contributed by atoms with Crippen molar-refractivity contribution in [3.63, 3.8) is 0 Å². The topological polar surface area (TPSA) is 143 Å². The van der Waals surface area contributed by atoms with Gasteiger partial charge in [-0.25, -0.2) is 9.78 Å². The van der Waals surface area contributed by atoms with Crippen molar-refractivity contribution >= 4 is 34.3 Å². The van der Waals surface area contributed by atoms with E-state index in [2.05, 4.69) is 25.6 Å². The van der Waals surface area contributed by atoms with E-state index in [-0.39, 0.29) is 29.7 Å². The zero-order chi connectivity index (χ0) is 28.5. The molecule has 0 aromatic carbocycles. The number of nitrogens with two attached hydrogens (primary N) is 1. The second-order valence-electron chi connectivity index (χ2n) is 9.63. The van der Waals surface area contributed by atoms with E-state index in [1.165, 1.54) is 29.6 Å². The number of anilines is 1. The molecule has 3 aromatic rings. The Morgan fingerprint density at radius 2 is 1.82 bits per heavy atom. The molecule has 2 atom stereocenters. The number of likely N-dealkylation sites (tertiary alicyclic amines) is 1. The van der Waals surface area contributed by atoms with Crippen molar-refractivity contribution in [1.29, 1.82) is 0 Å². The summed E-state index contributed by atoms with van der Waals surface area (Å²) in [4.78, 5) is 51.6. The number of primary amides is 1. The van der Waals surface area contributed by atoms with E-state index in [9.17, 15) is 27.6 Å². The average molecular weight is 562 g/mol. The fraction of sp³-hybridized carbons (Fsp3) is 0.360. The summed E-state index contributed by atoms with van der Waals surface area (Å²) in [5.74, 6) is -1.10. The third-order valence-corrected chi connectivity index (χ3v) is 7.67. The van der Waals surface area contributed by atoms with Crippen LogP contribution in [0.25, 0.3) is 10.4 Å². The van der Waals surface area contributed by atoms with E-state index < -0.39 is 35.6 Å². The zero-order valence-corrected chi connectivity index (χ0v) is 22.1. The highest BCUT2D eigenvalue weighted by Crippen LogP contribution is 2.41. The van der Waals surface area contributed by atoms with Gasteiger partial charge in [-0.3, -0.25) is 24.9 Å². The predicted octanol–water partition coefficient (Wildman–Crippen LogP) is 3.64. The molecule has 10 nitrogen and oxygen atoms in total. The van der Waals surface area contributed by atoms with Crippen molar-refractivity contribution in [3.05, 3.63) is 59.8 Å². The number of aryl methyl sites for hydroxylation is 1. The van der Waals surface area contributed by atoms with Crippen molar-refractivity contribution in [2.75, 3.05) is 11.9 Å². The molecule has 0 saturated carbocycles. The minimum Gasteiger partial charge on any atom is -0.368 e. The minimum absolute atomic E-state index is 0.0354. The lowest BCUT2D eigenvalue weighted by Crippen LogP contribution is -2.46. The van der Waals surface area contributed by atoms with Crippen LogP contribution < -0.4 is 16.4 Å². The Kier molecular flexibility index (Phi) is 7.59. The number of aromatic nitrogens is 3. The number of rotatable bonds is 6. The van der Waals surface area contributed by atoms with Gasteiger partial charge < -0.3 is 16.0 Å². The number of carbonyl (C=O) groups excluding carboxylic acids is 3. The van der Waals surface area contributed by atoms with Gasteiger partial charge in [0.25, 0.3) is 5.91 Å². The molecule has 206 valence electrons. The quantitative estimate of drug-likeness (QED) is 0.419. The number of halogens is 3. The summed E-state index contributed by atoms with van der Waals surface area (Å²) in [5, 5.41) is 5.63. The number of nitrogens with zero attached hydrogens (tertiary/aromatic N) is 4. The van der Waals surface area contributed by atoms with Crippen LogP contribution in [0.15, 0.2) is 42.9 Å². The van der Waals surface area contributed by atoms with Crippen molar-refractivity contribution in [2.24, 2.45) is 5.73 Å². The third-order valence-electron chi connectivity index (χ3n) is 6.55. The Bertz CT molecular complexity index is 1400. The van der Waals surface area contributed by atoms with Gasteiger partial charge in [0, 0.05) is 36.7 Å². The zero-order valence-electron chi connectivity index (χ0n) is 21.2. The average Bonchev–Trinajstić information content (AvgIpc) is 3.47. The van der Waals surface area contributed by atoms with Gasteiger partial charge in [0.15, 0.2) is 5.13 Å². The van der Waals surface area contributed by atoms with E-state index in [0.717, 1.165) is 25.2 Å². The molecule has 0 spiro atoms. The number of alkyl halides is 3. The molecule has 4 amide bonds. The molecule has 0 radical (unpaired) electrons. The Labute approximate surface area is 225 Å². The number of hydrogen-bond donors (Lipinski definition) is 3. The SMILES string of the molecule is Cc1nc(NC(=O)N2C[C@H](NC(=O)c3ccncc3)C[C@H]2C(N)=O)sc1-c1ccnc(C(C)(C)C(F)(F)F)c1. The molecule has 39 heavy (non-hydrogen) atoms. The van der Waals surface area contributed by atoms with Gasteiger partial charge in [-0.2, -0.15) is 13.2 Å². The maximum atomic E-state index is 13.5. The van der Waals surface area contributed by atoms with Crippen LogP contribution >= 0.6 is 11.3 Å². The maximum Gasteiger partial charge on any atom is 0.399 e. The van der Waals surface area contributed by atoms with Crippen LogP contribution in [0.4, 0.5) is 23.1 Å². The molecule has 1 saturated heterocycles. The second-order valence-corrected chi connectivity index (χ2v) is 10.6. The Morgan fingerprint density at radius 3 is 2.46 bits per heavy atom. The highest BCUT2D eigenvalue weighted by Gasteiger charge is 2.49. The summed E-state index contributed by atoms with van der Waals surface area (Å²) < 4.78 is 40.6. The van der Waals surface area contributed by atoms with Gasteiger partial charge >= 0.3 is 12.2 Å². The van der Waals surface area contributed by atoms with Crippen LogP contribution in [0.2, 0.25) is 0 Å². The van der Waals surface area contributed by atoms with E-state index in [1.54, 1.807) is 25.1 Å². The molecule has 1 fully saturated rings. The molecule has 0 bridgehead atoms. The minimum atomic E-state index is -4.50. The monoisotopic (exact) mass is 561 g/mol. The van der Waals surface area contributed by atoms with Crippen molar-refractivity contribution in [2.45, 2.75) is 50.9 Å². The van der Waals surface area contributed by atoms with Crippen molar-refractivity contribution < 1.29 is 27.6 Å².